The van der Waals surface area contributed by atoms with Crippen LogP contribution in [0.2, 0.25) is 0 Å². The van der Waals surface area contributed by atoms with Crippen molar-refractivity contribution in [1.29, 1.82) is 0 Å². The lowest BCUT2D eigenvalue weighted by atomic mass is 9.89. The van der Waals surface area contributed by atoms with Gasteiger partial charge in [0.2, 0.25) is 5.91 Å². The first-order chi connectivity index (χ1) is 9.63. The molecule has 0 spiro atoms. The molecule has 3 N–H and O–H groups in total. The Hall–Kier alpha value is -1.01. The van der Waals surface area contributed by atoms with Gasteiger partial charge in [-0.3, -0.25) is 4.79 Å². The second-order valence-electron chi connectivity index (χ2n) is 5.58. The Morgan fingerprint density at radius 1 is 1.10 bits per heavy atom. The number of aliphatic hydroxyl groups excluding tert-OH is 1. The van der Waals surface area contributed by atoms with Gasteiger partial charge in [-0.2, -0.15) is 0 Å². The average molecular weight is 281 g/mol. The second-order valence-corrected chi connectivity index (χ2v) is 5.58. The fourth-order valence-electron chi connectivity index (χ4n) is 2.21. The molecule has 2 atom stereocenters. The molecule has 0 aromatic heterocycles. The first-order valence-electron chi connectivity index (χ1n) is 7.99. The highest BCUT2D eigenvalue weighted by atomic mass is 16.3. The van der Waals surface area contributed by atoms with Crippen LogP contribution >= 0.6 is 0 Å². The van der Waals surface area contributed by atoms with Crippen LogP contribution in [0.5, 0.6) is 0 Å². The monoisotopic (exact) mass is 281 g/mol. The summed E-state index contributed by atoms with van der Waals surface area (Å²) in [6.45, 7) is 4.08. The van der Waals surface area contributed by atoms with E-state index in [4.69, 9.17) is 10.8 Å². The maximum Gasteiger partial charge on any atom is 0.220 e. The molecule has 116 valence electrons. The third-order valence-corrected chi connectivity index (χ3v) is 3.69. The quantitative estimate of drug-likeness (QED) is 0.451. The van der Waals surface area contributed by atoms with Crippen LogP contribution in [0, 0.1) is 23.7 Å². The maximum absolute atomic E-state index is 11.3. The summed E-state index contributed by atoms with van der Waals surface area (Å²) in [5.74, 6) is 5.90. The van der Waals surface area contributed by atoms with Crippen molar-refractivity contribution in [2.24, 2.45) is 17.6 Å². The number of rotatable bonds is 11. The molecule has 0 rings (SSSR count). The van der Waals surface area contributed by atoms with Gasteiger partial charge in [0.25, 0.3) is 0 Å². The molecule has 0 heterocycles. The SMILES string of the molecule is CCCCC#CCCCCCCC(C(N)=O)C(C)CO. The van der Waals surface area contributed by atoms with E-state index >= 15 is 0 Å². The van der Waals surface area contributed by atoms with Crippen molar-refractivity contribution in [2.75, 3.05) is 6.61 Å². The van der Waals surface area contributed by atoms with Crippen molar-refractivity contribution in [3.05, 3.63) is 0 Å². The second kappa shape index (κ2) is 13.0. The van der Waals surface area contributed by atoms with Crippen molar-refractivity contribution in [3.8, 4) is 11.8 Å². The summed E-state index contributed by atoms with van der Waals surface area (Å²) in [6.07, 6.45) is 9.61. The van der Waals surface area contributed by atoms with E-state index in [9.17, 15) is 4.79 Å². The number of hydrogen-bond acceptors (Lipinski definition) is 2. The van der Waals surface area contributed by atoms with Crippen molar-refractivity contribution in [2.45, 2.75) is 71.6 Å². The predicted molar refractivity (Wildman–Crippen MR) is 83.9 cm³/mol. The normalized spacial score (nSPS) is 13.3. The van der Waals surface area contributed by atoms with Crippen LogP contribution in [0.4, 0.5) is 0 Å². The highest BCUT2D eigenvalue weighted by Gasteiger charge is 2.21. The minimum atomic E-state index is -0.284. The van der Waals surface area contributed by atoms with Gasteiger partial charge in [0.15, 0.2) is 0 Å². The van der Waals surface area contributed by atoms with Crippen molar-refractivity contribution >= 4 is 5.91 Å². The molecule has 3 nitrogen and oxygen atoms in total. The summed E-state index contributed by atoms with van der Waals surface area (Å²) in [7, 11) is 0. The standard InChI is InChI=1S/C17H31NO2/c1-3-4-5-6-7-8-9-10-11-12-13-16(17(18)20)15(2)14-19/h15-16,19H,3-5,8-14H2,1-2H3,(H2,18,20). The van der Waals surface area contributed by atoms with Gasteiger partial charge in [0.1, 0.15) is 0 Å². The summed E-state index contributed by atoms with van der Waals surface area (Å²) >= 11 is 0. The highest BCUT2D eigenvalue weighted by Crippen LogP contribution is 2.19. The largest absolute Gasteiger partial charge is 0.396 e. The Labute approximate surface area is 124 Å². The molecular weight excluding hydrogens is 250 g/mol. The Kier molecular flexibility index (Phi) is 12.3. The lowest BCUT2D eigenvalue weighted by Gasteiger charge is -2.18. The van der Waals surface area contributed by atoms with Crippen LogP contribution in [-0.4, -0.2) is 17.6 Å². The zero-order chi connectivity index (χ0) is 15.2. The third-order valence-electron chi connectivity index (χ3n) is 3.69. The summed E-state index contributed by atoms with van der Waals surface area (Å²) < 4.78 is 0. The van der Waals surface area contributed by atoms with Gasteiger partial charge in [0, 0.05) is 25.4 Å². The number of hydrogen-bond donors (Lipinski definition) is 2. The summed E-state index contributed by atoms with van der Waals surface area (Å²) in [4.78, 5) is 11.3. The maximum atomic E-state index is 11.3. The molecule has 0 saturated carbocycles. The molecular formula is C17H31NO2. The molecule has 0 saturated heterocycles. The molecule has 0 aliphatic heterocycles. The van der Waals surface area contributed by atoms with Gasteiger partial charge >= 0.3 is 0 Å². The zero-order valence-electron chi connectivity index (χ0n) is 13.2. The number of carbonyl (C=O) groups excluding carboxylic acids is 1. The van der Waals surface area contributed by atoms with E-state index in [-0.39, 0.29) is 24.3 Å². The molecule has 3 heteroatoms. The van der Waals surface area contributed by atoms with Gasteiger partial charge in [-0.15, -0.1) is 11.8 Å². The number of unbranched alkanes of at least 4 members (excludes halogenated alkanes) is 6. The Morgan fingerprint density at radius 3 is 2.25 bits per heavy atom. The predicted octanol–water partition coefficient (Wildman–Crippen LogP) is 3.25. The average Bonchev–Trinajstić information content (AvgIpc) is 2.43. The topological polar surface area (TPSA) is 63.3 Å². The molecule has 0 bridgehead atoms. The fraction of sp³-hybridized carbons (Fsp3) is 0.824. The number of carbonyl (C=O) groups is 1. The molecule has 0 aliphatic rings. The molecule has 0 aliphatic carbocycles. The molecule has 0 aromatic rings. The number of nitrogens with two attached hydrogens (primary N) is 1. The number of aliphatic hydroxyl groups is 1. The van der Waals surface area contributed by atoms with Crippen LogP contribution in [0.1, 0.15) is 71.6 Å². The van der Waals surface area contributed by atoms with Crippen LogP contribution in [0.3, 0.4) is 0 Å². The highest BCUT2D eigenvalue weighted by molar-refractivity contribution is 5.76. The van der Waals surface area contributed by atoms with E-state index in [0.717, 1.165) is 44.9 Å². The van der Waals surface area contributed by atoms with Gasteiger partial charge in [-0.1, -0.05) is 39.5 Å². The minimum Gasteiger partial charge on any atom is -0.396 e. The number of primary amides is 1. The van der Waals surface area contributed by atoms with E-state index in [2.05, 4.69) is 18.8 Å². The van der Waals surface area contributed by atoms with Crippen LogP contribution in [-0.2, 0) is 4.79 Å². The Morgan fingerprint density at radius 2 is 1.70 bits per heavy atom. The van der Waals surface area contributed by atoms with E-state index < -0.39 is 0 Å². The van der Waals surface area contributed by atoms with E-state index in [0.29, 0.717) is 0 Å². The van der Waals surface area contributed by atoms with Gasteiger partial charge in [-0.05, 0) is 25.2 Å². The van der Waals surface area contributed by atoms with Gasteiger partial charge in [-0.25, -0.2) is 0 Å². The van der Waals surface area contributed by atoms with E-state index in [1.165, 1.54) is 12.8 Å². The molecule has 20 heavy (non-hydrogen) atoms. The first kappa shape index (κ1) is 19.0. The summed E-state index contributed by atoms with van der Waals surface area (Å²) in [5, 5.41) is 9.09. The minimum absolute atomic E-state index is 0.0287. The van der Waals surface area contributed by atoms with Crippen molar-refractivity contribution in [1.82, 2.24) is 0 Å². The molecule has 2 unspecified atom stereocenters. The van der Waals surface area contributed by atoms with Crippen LogP contribution < -0.4 is 5.73 Å². The third kappa shape index (κ3) is 9.86. The molecule has 0 radical (unpaired) electrons. The van der Waals surface area contributed by atoms with E-state index in [1.54, 1.807) is 0 Å². The Bertz CT molecular complexity index is 304. The lowest BCUT2D eigenvalue weighted by Crippen LogP contribution is -2.30. The fourth-order valence-corrected chi connectivity index (χ4v) is 2.21. The molecule has 0 fully saturated rings. The van der Waals surface area contributed by atoms with Gasteiger partial charge in [0.05, 0.1) is 0 Å². The summed E-state index contributed by atoms with van der Waals surface area (Å²) in [5.41, 5.74) is 5.37. The molecule has 1 amide bonds. The van der Waals surface area contributed by atoms with Crippen LogP contribution in [0.25, 0.3) is 0 Å². The lowest BCUT2D eigenvalue weighted by molar-refractivity contribution is -0.124. The Balaban J connectivity index is 3.59. The van der Waals surface area contributed by atoms with Gasteiger partial charge < -0.3 is 10.8 Å². The smallest absolute Gasteiger partial charge is 0.220 e. The summed E-state index contributed by atoms with van der Waals surface area (Å²) in [6, 6.07) is 0. The zero-order valence-corrected chi connectivity index (χ0v) is 13.2. The number of amides is 1. The van der Waals surface area contributed by atoms with E-state index in [1.807, 2.05) is 6.92 Å². The molecule has 0 aromatic carbocycles. The van der Waals surface area contributed by atoms with Crippen molar-refractivity contribution < 1.29 is 9.90 Å². The van der Waals surface area contributed by atoms with Crippen LogP contribution in [0.15, 0.2) is 0 Å². The first-order valence-corrected chi connectivity index (χ1v) is 7.99. The van der Waals surface area contributed by atoms with Crippen molar-refractivity contribution in [3.63, 3.8) is 0 Å².